The molecule has 0 amide bonds. The molecule has 0 bridgehead atoms. The van der Waals surface area contributed by atoms with E-state index in [0.29, 0.717) is 0 Å². The van der Waals surface area contributed by atoms with Crippen LogP contribution in [0.4, 0.5) is 17.1 Å². The highest BCUT2D eigenvalue weighted by Gasteiger charge is 2.36. The molecule has 11 rings (SSSR count). The molecular weight excluding hydrogens is 647 g/mol. The molecule has 0 atom stereocenters. The molecule has 0 spiro atoms. The van der Waals surface area contributed by atoms with Gasteiger partial charge in [0.1, 0.15) is 5.69 Å². The first-order valence-corrected chi connectivity index (χ1v) is 18.0. The van der Waals surface area contributed by atoms with Crippen LogP contribution in [0.2, 0.25) is 0 Å². The highest BCUT2D eigenvalue weighted by atomic mass is 16.5. The molecule has 2 aliphatic rings. The van der Waals surface area contributed by atoms with E-state index < -0.39 is 0 Å². The van der Waals surface area contributed by atoms with Gasteiger partial charge in [-0.25, -0.2) is 0 Å². The molecule has 0 radical (unpaired) electrons. The molecule has 0 N–H and O–H groups in total. The Bertz CT molecular complexity index is 2730. The molecule has 0 saturated heterocycles. The fraction of sp³-hybridized carbons (Fsp3) is 0. The van der Waals surface area contributed by atoms with Crippen LogP contribution in [0.25, 0.3) is 66.1 Å². The Balaban J connectivity index is 1.08. The van der Waals surface area contributed by atoms with Crippen LogP contribution in [-0.2, 0) is 0 Å². The number of anilines is 3. The average Bonchev–Trinajstić information content (AvgIpc) is 3.23. The Morgan fingerprint density at radius 3 is 1.26 bits per heavy atom. The van der Waals surface area contributed by atoms with Crippen molar-refractivity contribution in [1.29, 1.82) is 0 Å². The van der Waals surface area contributed by atoms with Crippen LogP contribution >= 0.6 is 0 Å². The monoisotopic (exact) mass is 677 g/mol. The first-order valence-electron chi connectivity index (χ1n) is 18.0. The van der Waals surface area contributed by atoms with Gasteiger partial charge in [-0.3, -0.25) is 4.90 Å². The van der Waals surface area contributed by atoms with E-state index in [-0.39, 0.29) is 0 Å². The molecule has 9 aromatic carbocycles. The summed E-state index contributed by atoms with van der Waals surface area (Å²) in [5.74, 6) is 3.12. The van der Waals surface area contributed by atoms with Gasteiger partial charge in [0.25, 0.3) is 0 Å². The smallest absolute Gasteiger partial charge is 0.156 e. The van der Waals surface area contributed by atoms with Crippen molar-refractivity contribution in [2.45, 2.75) is 0 Å². The summed E-state index contributed by atoms with van der Waals surface area (Å²) in [6, 6.07) is 66.7. The summed E-state index contributed by atoms with van der Waals surface area (Å²) in [5, 5.41) is 4.86. The fourth-order valence-electron chi connectivity index (χ4n) is 8.07. The van der Waals surface area contributed by atoms with Crippen LogP contribution in [0.3, 0.4) is 0 Å². The Morgan fingerprint density at radius 1 is 0.302 bits per heavy atom. The van der Waals surface area contributed by atoms with Crippen molar-refractivity contribution in [2.24, 2.45) is 0 Å². The quantitative estimate of drug-likeness (QED) is 0.185. The molecular formula is C50H31NO2. The highest BCUT2D eigenvalue weighted by Crippen LogP contribution is 2.61. The van der Waals surface area contributed by atoms with Gasteiger partial charge in [0, 0.05) is 0 Å². The summed E-state index contributed by atoms with van der Waals surface area (Å²) < 4.78 is 13.8. The van der Waals surface area contributed by atoms with Gasteiger partial charge in [-0.15, -0.1) is 0 Å². The summed E-state index contributed by atoms with van der Waals surface area (Å²) in [6.07, 6.45) is 0. The number of nitrogens with zero attached hydrogens (tertiary/aromatic N) is 1. The Kier molecular flexibility index (Phi) is 6.55. The van der Waals surface area contributed by atoms with E-state index in [1.807, 2.05) is 6.07 Å². The van der Waals surface area contributed by atoms with Gasteiger partial charge in [-0.2, -0.15) is 0 Å². The third kappa shape index (κ3) is 4.82. The summed E-state index contributed by atoms with van der Waals surface area (Å²) in [7, 11) is 0. The van der Waals surface area contributed by atoms with E-state index in [1.54, 1.807) is 0 Å². The molecule has 0 unspecified atom stereocenters. The maximum absolute atomic E-state index is 6.89. The predicted octanol–water partition coefficient (Wildman–Crippen LogP) is 14.3. The van der Waals surface area contributed by atoms with Crippen LogP contribution in [0.15, 0.2) is 188 Å². The minimum atomic E-state index is 0.760. The third-order valence-corrected chi connectivity index (χ3v) is 10.6. The Labute approximate surface area is 307 Å². The molecule has 2 heterocycles. The largest absolute Gasteiger partial charge is 0.453 e. The zero-order chi connectivity index (χ0) is 34.9. The number of hydrogen-bond acceptors (Lipinski definition) is 3. The lowest BCUT2D eigenvalue weighted by Gasteiger charge is -2.38. The second-order valence-corrected chi connectivity index (χ2v) is 13.7. The second-order valence-electron chi connectivity index (χ2n) is 13.7. The number of fused-ring (bicyclic) bond motifs is 6. The van der Waals surface area contributed by atoms with Gasteiger partial charge in [0.15, 0.2) is 23.0 Å². The van der Waals surface area contributed by atoms with Gasteiger partial charge in [-0.1, -0.05) is 152 Å². The Hall–Kier alpha value is -7.10. The first-order chi connectivity index (χ1) is 26.2. The number of rotatable bonds is 4. The van der Waals surface area contributed by atoms with Crippen molar-refractivity contribution in [3.8, 4) is 67.5 Å². The maximum Gasteiger partial charge on any atom is 0.156 e. The van der Waals surface area contributed by atoms with Crippen LogP contribution in [0.5, 0.6) is 23.0 Å². The topological polar surface area (TPSA) is 21.7 Å². The summed E-state index contributed by atoms with van der Waals surface area (Å²) in [5.41, 5.74) is 11.9. The molecule has 3 nitrogen and oxygen atoms in total. The molecule has 0 aromatic heterocycles. The lowest BCUT2D eigenvalue weighted by molar-refractivity contribution is 0.446. The summed E-state index contributed by atoms with van der Waals surface area (Å²) in [4.78, 5) is 2.31. The van der Waals surface area contributed by atoms with E-state index in [9.17, 15) is 0 Å². The van der Waals surface area contributed by atoms with Crippen molar-refractivity contribution < 1.29 is 9.47 Å². The number of ether oxygens (including phenoxy) is 2. The molecule has 9 aromatic rings. The van der Waals surface area contributed by atoms with Crippen LogP contribution < -0.4 is 14.4 Å². The van der Waals surface area contributed by atoms with E-state index in [4.69, 9.17) is 9.47 Å². The number of hydrogen-bond donors (Lipinski definition) is 0. The maximum atomic E-state index is 6.89. The van der Waals surface area contributed by atoms with Crippen molar-refractivity contribution >= 4 is 38.6 Å². The summed E-state index contributed by atoms with van der Waals surface area (Å²) >= 11 is 0. The minimum Gasteiger partial charge on any atom is -0.453 e. The number of benzene rings is 9. The van der Waals surface area contributed by atoms with Crippen LogP contribution in [0.1, 0.15) is 0 Å². The molecule has 0 saturated carbocycles. The second kappa shape index (κ2) is 11.7. The Morgan fingerprint density at radius 2 is 0.717 bits per heavy atom. The average molecular weight is 678 g/mol. The normalized spacial score (nSPS) is 12.4. The van der Waals surface area contributed by atoms with Gasteiger partial charge in [0.05, 0.1) is 11.4 Å². The SMILES string of the molecule is c1ccc(-c2ccc(-c3cc4c5c(c3)Oc3cc(-c6cccc7ccccc67)ccc3N5c3ccc(-c5cccc6ccccc56)cc3O4)cc2)cc1. The van der Waals surface area contributed by atoms with Gasteiger partial charge in [-0.05, 0) is 102 Å². The zero-order valence-corrected chi connectivity index (χ0v) is 28.7. The molecule has 0 fully saturated rings. The van der Waals surface area contributed by atoms with Gasteiger partial charge >= 0.3 is 0 Å². The van der Waals surface area contributed by atoms with Gasteiger partial charge in [0.2, 0.25) is 0 Å². The molecule has 53 heavy (non-hydrogen) atoms. The molecule has 0 aliphatic carbocycles. The fourth-order valence-corrected chi connectivity index (χ4v) is 8.07. The standard InChI is InChI=1S/C50H31NO2/c1-2-10-32(11-3-1)33-20-22-34(23-21-33)39-30-48-50-49(31-39)53-47-29-38(43-19-9-15-36-13-5-7-17-41(36)43)25-27-45(47)51(50)44-26-24-37(28-46(44)52-48)42-18-8-14-35-12-4-6-16-40(35)42/h1-31H. The van der Waals surface area contributed by atoms with Crippen molar-refractivity contribution in [3.05, 3.63) is 188 Å². The summed E-state index contributed by atoms with van der Waals surface area (Å²) in [6.45, 7) is 0. The van der Waals surface area contributed by atoms with Crippen molar-refractivity contribution in [1.82, 2.24) is 0 Å². The molecule has 248 valence electrons. The molecule has 3 heteroatoms. The third-order valence-electron chi connectivity index (χ3n) is 10.6. The van der Waals surface area contributed by atoms with E-state index in [1.165, 1.54) is 43.8 Å². The first kappa shape index (κ1) is 29.6. The van der Waals surface area contributed by atoms with Gasteiger partial charge < -0.3 is 9.47 Å². The van der Waals surface area contributed by atoms with E-state index in [2.05, 4.69) is 187 Å². The lowest BCUT2D eigenvalue weighted by Crippen LogP contribution is -2.20. The zero-order valence-electron chi connectivity index (χ0n) is 28.7. The highest BCUT2D eigenvalue weighted by molar-refractivity contribution is 6.01. The minimum absolute atomic E-state index is 0.760. The van der Waals surface area contributed by atoms with Crippen molar-refractivity contribution in [2.75, 3.05) is 4.90 Å². The molecule has 2 aliphatic heterocycles. The van der Waals surface area contributed by atoms with Crippen molar-refractivity contribution in [3.63, 3.8) is 0 Å². The van der Waals surface area contributed by atoms with Crippen LogP contribution in [0, 0.1) is 0 Å². The predicted molar refractivity (Wildman–Crippen MR) is 218 cm³/mol. The van der Waals surface area contributed by atoms with Crippen LogP contribution in [-0.4, -0.2) is 0 Å². The van der Waals surface area contributed by atoms with E-state index >= 15 is 0 Å². The van der Waals surface area contributed by atoms with E-state index in [0.717, 1.165) is 62.3 Å². The lowest BCUT2D eigenvalue weighted by atomic mass is 9.95.